The number of anilines is 2. The van der Waals surface area contributed by atoms with Gasteiger partial charge in [0.15, 0.2) is 5.58 Å². The van der Waals surface area contributed by atoms with Crippen LogP contribution in [-0.2, 0) is 0 Å². The van der Waals surface area contributed by atoms with Crippen molar-refractivity contribution in [3.8, 4) is 0 Å². The first kappa shape index (κ1) is 12.1. The van der Waals surface area contributed by atoms with Crippen molar-refractivity contribution in [2.24, 2.45) is 0 Å². The van der Waals surface area contributed by atoms with Crippen LogP contribution in [0.1, 0.15) is 19.8 Å². The number of rotatable bonds is 1. The van der Waals surface area contributed by atoms with Gasteiger partial charge in [-0.25, -0.2) is 4.79 Å². The molecule has 0 unspecified atom stereocenters. The molecule has 4 N–H and O–H groups in total. The number of aromatic nitrogens is 1. The minimum atomic E-state index is -0.598. The number of H-pyrrole nitrogens is 1. The van der Waals surface area contributed by atoms with Gasteiger partial charge < -0.3 is 20.2 Å². The average Bonchev–Trinajstić information content (AvgIpc) is 2.67. The van der Waals surface area contributed by atoms with Crippen LogP contribution in [0.25, 0.3) is 11.1 Å². The van der Waals surface area contributed by atoms with Crippen molar-refractivity contribution in [1.82, 2.24) is 4.98 Å². The molecule has 0 spiro atoms. The maximum absolute atomic E-state index is 11.2. The second-order valence-electron chi connectivity index (χ2n) is 5.41. The first-order valence-corrected chi connectivity index (χ1v) is 6.34. The Morgan fingerprint density at radius 2 is 2.11 bits per heavy atom. The topological polar surface area (TPSA) is 95.5 Å². The van der Waals surface area contributed by atoms with Crippen molar-refractivity contribution < 1.29 is 9.52 Å². The number of nitrogen functional groups attached to an aromatic ring is 1. The number of aliphatic hydroxyl groups is 1. The van der Waals surface area contributed by atoms with Gasteiger partial charge in [0.25, 0.3) is 0 Å². The highest BCUT2D eigenvalue weighted by atomic mass is 16.4. The summed E-state index contributed by atoms with van der Waals surface area (Å²) in [6.07, 6.45) is 1.40. The lowest BCUT2D eigenvalue weighted by atomic mass is 9.93. The molecule has 6 heteroatoms. The molecule has 1 fully saturated rings. The third kappa shape index (κ3) is 2.19. The highest BCUT2D eigenvalue weighted by Gasteiger charge is 2.28. The molecule has 1 saturated heterocycles. The number of oxazole rings is 1. The lowest BCUT2D eigenvalue weighted by Crippen LogP contribution is -2.42. The highest BCUT2D eigenvalue weighted by molar-refractivity contribution is 5.85. The number of hydrogen-bond donors (Lipinski definition) is 3. The van der Waals surface area contributed by atoms with Gasteiger partial charge in [-0.15, -0.1) is 0 Å². The second-order valence-corrected chi connectivity index (χ2v) is 5.41. The van der Waals surface area contributed by atoms with Gasteiger partial charge in [0.1, 0.15) is 0 Å². The summed E-state index contributed by atoms with van der Waals surface area (Å²) in [7, 11) is 0. The maximum atomic E-state index is 11.2. The number of hydrogen-bond acceptors (Lipinski definition) is 5. The molecule has 1 aliphatic rings. The monoisotopic (exact) mass is 263 g/mol. The van der Waals surface area contributed by atoms with Crippen LogP contribution in [0.15, 0.2) is 21.3 Å². The lowest BCUT2D eigenvalue weighted by molar-refractivity contribution is 0.0351. The van der Waals surface area contributed by atoms with Gasteiger partial charge in [-0.1, -0.05) is 0 Å². The molecule has 2 aromatic rings. The van der Waals surface area contributed by atoms with Crippen LogP contribution in [0, 0.1) is 0 Å². The van der Waals surface area contributed by atoms with Crippen LogP contribution < -0.4 is 16.4 Å². The molecule has 1 aromatic heterocycles. The van der Waals surface area contributed by atoms with Crippen molar-refractivity contribution in [2.45, 2.75) is 25.4 Å². The molecule has 6 nitrogen and oxygen atoms in total. The molecule has 0 aliphatic carbocycles. The molecule has 1 aromatic carbocycles. The fraction of sp³-hybridized carbons (Fsp3) is 0.462. The number of nitrogens with zero attached hydrogens (tertiary/aromatic N) is 1. The van der Waals surface area contributed by atoms with E-state index in [9.17, 15) is 9.90 Å². The van der Waals surface area contributed by atoms with Crippen molar-refractivity contribution in [2.75, 3.05) is 23.7 Å². The molecule has 0 amide bonds. The maximum Gasteiger partial charge on any atom is 0.417 e. The van der Waals surface area contributed by atoms with Gasteiger partial charge in [-0.3, -0.25) is 4.98 Å². The van der Waals surface area contributed by atoms with Crippen LogP contribution in [0.2, 0.25) is 0 Å². The standard InChI is InChI=1S/C13H17N3O3/c1-13(18)2-4-16(5-3-13)10-7-9-11(6-8(10)14)19-12(17)15-9/h6-7,18H,2-5,14H2,1H3,(H,15,17). The van der Waals surface area contributed by atoms with E-state index in [1.54, 1.807) is 6.07 Å². The van der Waals surface area contributed by atoms with E-state index >= 15 is 0 Å². The van der Waals surface area contributed by atoms with E-state index in [0.29, 0.717) is 29.6 Å². The summed E-state index contributed by atoms with van der Waals surface area (Å²) in [4.78, 5) is 15.9. The summed E-state index contributed by atoms with van der Waals surface area (Å²) >= 11 is 0. The van der Waals surface area contributed by atoms with E-state index in [4.69, 9.17) is 10.2 Å². The smallest absolute Gasteiger partial charge is 0.408 e. The van der Waals surface area contributed by atoms with E-state index in [-0.39, 0.29) is 0 Å². The van der Waals surface area contributed by atoms with E-state index in [1.165, 1.54) is 0 Å². The molecule has 3 rings (SSSR count). The summed E-state index contributed by atoms with van der Waals surface area (Å²) in [5.74, 6) is -0.479. The molecule has 0 atom stereocenters. The molecule has 2 heterocycles. The zero-order valence-corrected chi connectivity index (χ0v) is 10.8. The first-order valence-electron chi connectivity index (χ1n) is 6.34. The fourth-order valence-electron chi connectivity index (χ4n) is 2.50. The van der Waals surface area contributed by atoms with Crippen LogP contribution in [0.4, 0.5) is 11.4 Å². The summed E-state index contributed by atoms with van der Waals surface area (Å²) < 4.78 is 4.97. The minimum Gasteiger partial charge on any atom is -0.408 e. The molecule has 0 saturated carbocycles. The third-order valence-electron chi connectivity index (χ3n) is 3.75. The Balaban J connectivity index is 1.96. The van der Waals surface area contributed by atoms with E-state index < -0.39 is 11.4 Å². The van der Waals surface area contributed by atoms with E-state index in [1.807, 2.05) is 13.0 Å². The van der Waals surface area contributed by atoms with Gasteiger partial charge in [0, 0.05) is 19.2 Å². The van der Waals surface area contributed by atoms with Crippen molar-refractivity contribution >= 4 is 22.5 Å². The van der Waals surface area contributed by atoms with Crippen molar-refractivity contribution in [3.63, 3.8) is 0 Å². The molecule has 1 aliphatic heterocycles. The Bertz CT molecular complexity index is 661. The zero-order chi connectivity index (χ0) is 13.6. The van der Waals surface area contributed by atoms with Gasteiger partial charge in [0.05, 0.1) is 22.5 Å². The van der Waals surface area contributed by atoms with Gasteiger partial charge >= 0.3 is 5.76 Å². The predicted octanol–water partition coefficient (Wildman–Crippen LogP) is 1.05. The Morgan fingerprint density at radius 1 is 1.42 bits per heavy atom. The number of nitrogens with one attached hydrogen (secondary N) is 1. The largest absolute Gasteiger partial charge is 0.417 e. The Morgan fingerprint density at radius 3 is 2.79 bits per heavy atom. The summed E-state index contributed by atoms with van der Waals surface area (Å²) in [6.45, 7) is 3.33. The molecule has 19 heavy (non-hydrogen) atoms. The molecular weight excluding hydrogens is 246 g/mol. The molecule has 0 bridgehead atoms. The quantitative estimate of drug-likeness (QED) is 0.668. The predicted molar refractivity (Wildman–Crippen MR) is 73.3 cm³/mol. The van der Waals surface area contributed by atoms with Crippen molar-refractivity contribution in [1.29, 1.82) is 0 Å². The van der Waals surface area contributed by atoms with Crippen LogP contribution in [-0.4, -0.2) is 28.8 Å². The lowest BCUT2D eigenvalue weighted by Gasteiger charge is -2.37. The number of fused-ring (bicyclic) bond motifs is 1. The Kier molecular flexibility index (Phi) is 2.56. The SMILES string of the molecule is CC1(O)CCN(c2cc3[nH]c(=O)oc3cc2N)CC1. The minimum absolute atomic E-state index is 0.468. The van der Waals surface area contributed by atoms with Crippen LogP contribution in [0.5, 0.6) is 0 Å². The first-order chi connectivity index (χ1) is 8.94. The van der Waals surface area contributed by atoms with Gasteiger partial charge in [0.2, 0.25) is 0 Å². The Labute approximate surface area is 109 Å². The highest BCUT2D eigenvalue weighted by Crippen LogP contribution is 2.32. The number of piperidine rings is 1. The summed E-state index contributed by atoms with van der Waals surface area (Å²) in [5, 5.41) is 9.96. The van der Waals surface area contributed by atoms with Crippen molar-refractivity contribution in [3.05, 3.63) is 22.7 Å². The average molecular weight is 263 g/mol. The second kappa shape index (κ2) is 4.03. The normalized spacial score (nSPS) is 18.9. The Hall–Kier alpha value is -1.95. The summed E-state index contributed by atoms with van der Waals surface area (Å²) in [6, 6.07) is 3.49. The fourth-order valence-corrected chi connectivity index (χ4v) is 2.50. The third-order valence-corrected chi connectivity index (χ3v) is 3.75. The van der Waals surface area contributed by atoms with Gasteiger partial charge in [-0.2, -0.15) is 0 Å². The molecule has 0 radical (unpaired) electrons. The zero-order valence-electron chi connectivity index (χ0n) is 10.8. The molecular formula is C13H17N3O3. The van der Waals surface area contributed by atoms with Crippen LogP contribution in [0.3, 0.4) is 0 Å². The van der Waals surface area contributed by atoms with E-state index in [0.717, 1.165) is 18.8 Å². The number of aromatic amines is 1. The number of nitrogens with two attached hydrogens (primary N) is 1. The van der Waals surface area contributed by atoms with Crippen LogP contribution >= 0.6 is 0 Å². The van der Waals surface area contributed by atoms with E-state index in [2.05, 4.69) is 9.88 Å². The molecule has 102 valence electrons. The number of benzene rings is 1. The van der Waals surface area contributed by atoms with Gasteiger partial charge in [-0.05, 0) is 25.8 Å². The summed E-state index contributed by atoms with van der Waals surface area (Å²) in [5.41, 5.74) is 7.98.